The minimum Gasteiger partial charge on any atom is -0.323 e. The quantitative estimate of drug-likeness (QED) is 0.741. The predicted octanol–water partition coefficient (Wildman–Crippen LogP) is 2.85. The van der Waals surface area contributed by atoms with Gasteiger partial charge in [-0.05, 0) is 18.9 Å². The molecular formula is C14H24N2. The van der Waals surface area contributed by atoms with Gasteiger partial charge in [-0.2, -0.15) is 0 Å². The highest BCUT2D eigenvalue weighted by atomic mass is 14.9. The number of nitrogens with one attached hydrogen (secondary N) is 1. The molecular weight excluding hydrogens is 196 g/mol. The Morgan fingerprint density at radius 2 is 1.94 bits per heavy atom. The van der Waals surface area contributed by atoms with Crippen molar-refractivity contribution in [1.82, 2.24) is 5.32 Å². The van der Waals surface area contributed by atoms with Crippen LogP contribution in [0.4, 0.5) is 0 Å². The Labute approximate surface area is 99.2 Å². The van der Waals surface area contributed by atoms with Gasteiger partial charge in [-0.1, -0.05) is 50.1 Å². The standard InChI is InChI=1S/C14H24N2/c1-3-4-8-12(2)16-11-14(15)13-9-6-5-7-10-13/h5-7,9-10,12,14,16H,3-4,8,11,15H2,1-2H3. The first-order chi connectivity index (χ1) is 7.74. The first-order valence-corrected chi connectivity index (χ1v) is 6.28. The number of hydrogen-bond donors (Lipinski definition) is 2. The molecule has 0 radical (unpaired) electrons. The van der Waals surface area contributed by atoms with E-state index < -0.39 is 0 Å². The first kappa shape index (κ1) is 13.2. The van der Waals surface area contributed by atoms with Crippen LogP contribution in [-0.2, 0) is 0 Å². The molecule has 0 saturated carbocycles. The fourth-order valence-corrected chi connectivity index (χ4v) is 1.76. The van der Waals surface area contributed by atoms with Crippen molar-refractivity contribution in [3.05, 3.63) is 35.9 Å². The lowest BCUT2D eigenvalue weighted by molar-refractivity contribution is 0.472. The van der Waals surface area contributed by atoms with Gasteiger partial charge < -0.3 is 11.1 Å². The summed E-state index contributed by atoms with van der Waals surface area (Å²) in [5, 5.41) is 3.49. The highest BCUT2D eigenvalue weighted by Crippen LogP contribution is 2.09. The Kier molecular flexibility index (Phi) is 6.12. The van der Waals surface area contributed by atoms with Crippen LogP contribution in [0, 0.1) is 0 Å². The Bertz CT molecular complexity index is 271. The third kappa shape index (κ3) is 4.77. The topological polar surface area (TPSA) is 38.0 Å². The van der Waals surface area contributed by atoms with Crippen LogP contribution in [0.2, 0.25) is 0 Å². The molecule has 2 unspecified atom stereocenters. The van der Waals surface area contributed by atoms with Gasteiger partial charge in [-0.25, -0.2) is 0 Å². The first-order valence-electron chi connectivity index (χ1n) is 6.28. The van der Waals surface area contributed by atoms with E-state index in [9.17, 15) is 0 Å². The SMILES string of the molecule is CCCCC(C)NCC(N)c1ccccc1. The number of hydrogen-bond acceptors (Lipinski definition) is 2. The molecule has 2 heteroatoms. The molecule has 2 atom stereocenters. The van der Waals surface area contributed by atoms with Gasteiger partial charge in [0.1, 0.15) is 0 Å². The van der Waals surface area contributed by atoms with Gasteiger partial charge in [0.2, 0.25) is 0 Å². The van der Waals surface area contributed by atoms with Gasteiger partial charge in [0, 0.05) is 18.6 Å². The molecule has 1 rings (SSSR count). The summed E-state index contributed by atoms with van der Waals surface area (Å²) in [5.41, 5.74) is 7.32. The van der Waals surface area contributed by atoms with E-state index in [2.05, 4.69) is 31.3 Å². The Morgan fingerprint density at radius 1 is 1.25 bits per heavy atom. The number of unbranched alkanes of at least 4 members (excludes halogenated alkanes) is 1. The molecule has 0 fully saturated rings. The van der Waals surface area contributed by atoms with Gasteiger partial charge in [0.15, 0.2) is 0 Å². The van der Waals surface area contributed by atoms with Gasteiger partial charge in [0.05, 0.1) is 0 Å². The summed E-state index contributed by atoms with van der Waals surface area (Å²) < 4.78 is 0. The third-order valence-corrected chi connectivity index (χ3v) is 2.90. The van der Waals surface area contributed by atoms with Crippen molar-refractivity contribution in [2.24, 2.45) is 5.73 Å². The van der Waals surface area contributed by atoms with E-state index in [-0.39, 0.29) is 6.04 Å². The zero-order valence-electron chi connectivity index (χ0n) is 10.4. The second kappa shape index (κ2) is 7.42. The Hall–Kier alpha value is -0.860. The van der Waals surface area contributed by atoms with Crippen LogP contribution >= 0.6 is 0 Å². The van der Waals surface area contributed by atoms with Crippen LogP contribution in [0.1, 0.15) is 44.7 Å². The number of nitrogens with two attached hydrogens (primary N) is 1. The zero-order chi connectivity index (χ0) is 11.8. The van der Waals surface area contributed by atoms with E-state index in [0.717, 1.165) is 6.54 Å². The fourth-order valence-electron chi connectivity index (χ4n) is 1.76. The summed E-state index contributed by atoms with van der Waals surface area (Å²) in [6.45, 7) is 5.31. The van der Waals surface area contributed by atoms with Crippen LogP contribution in [0.5, 0.6) is 0 Å². The minimum atomic E-state index is 0.102. The molecule has 90 valence electrons. The second-order valence-corrected chi connectivity index (χ2v) is 4.47. The van der Waals surface area contributed by atoms with E-state index in [4.69, 9.17) is 5.73 Å². The monoisotopic (exact) mass is 220 g/mol. The minimum absolute atomic E-state index is 0.102. The maximum absolute atomic E-state index is 6.11. The van der Waals surface area contributed by atoms with Crippen molar-refractivity contribution in [2.45, 2.75) is 45.2 Å². The summed E-state index contributed by atoms with van der Waals surface area (Å²) in [4.78, 5) is 0. The molecule has 0 bridgehead atoms. The van der Waals surface area contributed by atoms with Gasteiger partial charge >= 0.3 is 0 Å². The van der Waals surface area contributed by atoms with Crippen molar-refractivity contribution in [1.29, 1.82) is 0 Å². The van der Waals surface area contributed by atoms with E-state index in [1.165, 1.54) is 24.8 Å². The fraction of sp³-hybridized carbons (Fsp3) is 0.571. The Morgan fingerprint density at radius 3 is 2.56 bits per heavy atom. The van der Waals surface area contributed by atoms with E-state index in [1.807, 2.05) is 18.2 Å². The summed E-state index contributed by atoms with van der Waals surface area (Å²) in [5.74, 6) is 0. The molecule has 3 N–H and O–H groups in total. The molecule has 0 saturated heterocycles. The van der Waals surface area contributed by atoms with Crippen LogP contribution < -0.4 is 11.1 Å². The van der Waals surface area contributed by atoms with Crippen LogP contribution in [0.15, 0.2) is 30.3 Å². The molecule has 2 nitrogen and oxygen atoms in total. The van der Waals surface area contributed by atoms with Gasteiger partial charge in [-0.3, -0.25) is 0 Å². The molecule has 0 spiro atoms. The van der Waals surface area contributed by atoms with E-state index in [0.29, 0.717) is 6.04 Å². The molecule has 0 aliphatic rings. The van der Waals surface area contributed by atoms with Crippen molar-refractivity contribution in [2.75, 3.05) is 6.54 Å². The molecule has 1 aromatic rings. The molecule has 0 aliphatic heterocycles. The number of rotatable bonds is 7. The van der Waals surface area contributed by atoms with Gasteiger partial charge in [-0.15, -0.1) is 0 Å². The van der Waals surface area contributed by atoms with Crippen molar-refractivity contribution < 1.29 is 0 Å². The average Bonchev–Trinajstić information content (AvgIpc) is 2.34. The summed E-state index contributed by atoms with van der Waals surface area (Å²) in [7, 11) is 0. The lowest BCUT2D eigenvalue weighted by Crippen LogP contribution is -2.33. The molecule has 0 aliphatic carbocycles. The molecule has 0 amide bonds. The van der Waals surface area contributed by atoms with Crippen LogP contribution in [-0.4, -0.2) is 12.6 Å². The van der Waals surface area contributed by atoms with Crippen LogP contribution in [0.25, 0.3) is 0 Å². The Balaban J connectivity index is 2.27. The number of benzene rings is 1. The summed E-state index contributed by atoms with van der Waals surface area (Å²) >= 11 is 0. The third-order valence-electron chi connectivity index (χ3n) is 2.90. The predicted molar refractivity (Wildman–Crippen MR) is 70.4 cm³/mol. The van der Waals surface area contributed by atoms with E-state index in [1.54, 1.807) is 0 Å². The highest BCUT2D eigenvalue weighted by Gasteiger charge is 2.06. The van der Waals surface area contributed by atoms with E-state index >= 15 is 0 Å². The maximum atomic E-state index is 6.11. The second-order valence-electron chi connectivity index (χ2n) is 4.47. The summed E-state index contributed by atoms with van der Waals surface area (Å²) in [6, 6.07) is 10.9. The van der Waals surface area contributed by atoms with Crippen molar-refractivity contribution >= 4 is 0 Å². The molecule has 1 aromatic carbocycles. The normalized spacial score (nSPS) is 14.7. The van der Waals surface area contributed by atoms with Crippen molar-refractivity contribution in [3.63, 3.8) is 0 Å². The smallest absolute Gasteiger partial charge is 0.0421 e. The molecule has 16 heavy (non-hydrogen) atoms. The summed E-state index contributed by atoms with van der Waals surface area (Å²) in [6.07, 6.45) is 3.78. The van der Waals surface area contributed by atoms with Crippen LogP contribution in [0.3, 0.4) is 0 Å². The average molecular weight is 220 g/mol. The molecule has 0 aromatic heterocycles. The van der Waals surface area contributed by atoms with Crippen molar-refractivity contribution in [3.8, 4) is 0 Å². The van der Waals surface area contributed by atoms with Gasteiger partial charge in [0.25, 0.3) is 0 Å². The highest BCUT2D eigenvalue weighted by molar-refractivity contribution is 5.18. The zero-order valence-corrected chi connectivity index (χ0v) is 10.4. The lowest BCUT2D eigenvalue weighted by atomic mass is 10.1. The largest absolute Gasteiger partial charge is 0.323 e. The maximum Gasteiger partial charge on any atom is 0.0421 e. The molecule has 0 heterocycles. The lowest BCUT2D eigenvalue weighted by Gasteiger charge is -2.17.